The van der Waals surface area contributed by atoms with Crippen molar-refractivity contribution in [2.24, 2.45) is 0 Å². The predicted octanol–water partition coefficient (Wildman–Crippen LogP) is 0.283. The summed E-state index contributed by atoms with van der Waals surface area (Å²) in [5.74, 6) is -0.937. The summed E-state index contributed by atoms with van der Waals surface area (Å²) in [4.78, 5) is 39.3. The largest absolute Gasteiger partial charge is 0.442 e. The molecule has 2 rings (SSSR count). The third-order valence-corrected chi connectivity index (χ3v) is 2.51. The molecule has 0 aliphatic carbocycles. The summed E-state index contributed by atoms with van der Waals surface area (Å²) in [6.45, 7) is 1.34. The lowest BCUT2D eigenvalue weighted by atomic mass is 10.4. The van der Waals surface area contributed by atoms with E-state index in [-0.39, 0.29) is 12.8 Å². The van der Waals surface area contributed by atoms with E-state index in [1.165, 1.54) is 5.06 Å². The number of hydroxylamine groups is 2. The number of amides is 3. The van der Waals surface area contributed by atoms with E-state index in [2.05, 4.69) is 0 Å². The number of likely N-dealkylation sites (tertiary alicyclic amines) is 1. The average molecular weight is 212 g/mol. The molecule has 0 atom stereocenters. The van der Waals surface area contributed by atoms with Gasteiger partial charge in [0.2, 0.25) is 11.8 Å². The lowest BCUT2D eigenvalue weighted by Crippen LogP contribution is -2.39. The summed E-state index contributed by atoms with van der Waals surface area (Å²) < 4.78 is 0. The van der Waals surface area contributed by atoms with E-state index in [9.17, 15) is 14.4 Å². The Kier molecular flexibility index (Phi) is 2.68. The Morgan fingerprint density at radius 3 is 2.13 bits per heavy atom. The number of carbonyl (C=O) groups excluding carboxylic acids is 3. The fourth-order valence-electron chi connectivity index (χ4n) is 1.71. The lowest BCUT2D eigenvalue weighted by Gasteiger charge is -2.17. The van der Waals surface area contributed by atoms with Crippen LogP contribution in [0.2, 0.25) is 0 Å². The second kappa shape index (κ2) is 3.98. The molecule has 2 saturated heterocycles. The van der Waals surface area contributed by atoms with Crippen molar-refractivity contribution >= 4 is 17.9 Å². The molecule has 0 aromatic heterocycles. The van der Waals surface area contributed by atoms with Crippen LogP contribution >= 0.6 is 0 Å². The van der Waals surface area contributed by atoms with Gasteiger partial charge in [0.15, 0.2) is 0 Å². The highest BCUT2D eigenvalue weighted by molar-refractivity contribution is 6.13. The van der Waals surface area contributed by atoms with Gasteiger partial charge in [0.25, 0.3) is 0 Å². The Bertz CT molecular complexity index is 293. The number of hydrogen-bond donors (Lipinski definition) is 0. The summed E-state index contributed by atoms with van der Waals surface area (Å²) in [7, 11) is 0. The van der Waals surface area contributed by atoms with Crippen LogP contribution in [-0.2, 0) is 14.4 Å². The number of nitrogens with zero attached hydrogens (tertiary/aromatic N) is 2. The van der Waals surface area contributed by atoms with Crippen molar-refractivity contribution in [3.05, 3.63) is 0 Å². The monoisotopic (exact) mass is 212 g/mol. The molecule has 0 bridgehead atoms. The third-order valence-electron chi connectivity index (χ3n) is 2.51. The van der Waals surface area contributed by atoms with Crippen LogP contribution < -0.4 is 0 Å². The molecule has 0 aromatic rings. The third kappa shape index (κ3) is 1.99. The van der Waals surface area contributed by atoms with Crippen LogP contribution in [0.25, 0.3) is 0 Å². The minimum absolute atomic E-state index is 0.105. The Labute approximate surface area is 86.7 Å². The minimum Gasteiger partial charge on any atom is -0.350 e. The Morgan fingerprint density at radius 2 is 1.60 bits per heavy atom. The van der Waals surface area contributed by atoms with Gasteiger partial charge in [0.1, 0.15) is 0 Å². The van der Waals surface area contributed by atoms with Crippen molar-refractivity contribution in [1.82, 2.24) is 9.96 Å². The molecule has 6 heteroatoms. The van der Waals surface area contributed by atoms with Crippen LogP contribution in [-0.4, -0.2) is 41.0 Å². The van der Waals surface area contributed by atoms with Gasteiger partial charge in [-0.3, -0.25) is 9.59 Å². The summed E-state index contributed by atoms with van der Waals surface area (Å²) >= 11 is 0. The molecule has 0 aromatic carbocycles. The normalized spacial score (nSPS) is 22.5. The van der Waals surface area contributed by atoms with Crippen molar-refractivity contribution in [3.8, 4) is 0 Å². The predicted molar refractivity (Wildman–Crippen MR) is 48.4 cm³/mol. The van der Waals surface area contributed by atoms with Crippen molar-refractivity contribution in [2.75, 3.05) is 13.1 Å². The number of carbonyl (C=O) groups is 3. The van der Waals surface area contributed by atoms with Gasteiger partial charge < -0.3 is 4.84 Å². The first-order valence-corrected chi connectivity index (χ1v) is 5.01. The molecular weight excluding hydrogens is 200 g/mol. The molecular formula is C9H12N2O4. The molecule has 0 spiro atoms. The molecule has 15 heavy (non-hydrogen) atoms. The van der Waals surface area contributed by atoms with E-state index >= 15 is 0 Å². The zero-order valence-electron chi connectivity index (χ0n) is 8.27. The maximum Gasteiger partial charge on any atom is 0.442 e. The summed E-state index contributed by atoms with van der Waals surface area (Å²) in [6.07, 6.45) is 1.29. The second-order valence-corrected chi connectivity index (χ2v) is 3.62. The fourth-order valence-corrected chi connectivity index (χ4v) is 1.71. The standard InChI is InChI=1S/C9H12N2O4/c12-7-3-4-8(13)11(7)9(14)15-10-5-1-2-6-10/h1-6H2. The highest BCUT2D eigenvalue weighted by Crippen LogP contribution is 2.15. The molecule has 0 unspecified atom stereocenters. The maximum absolute atomic E-state index is 11.4. The van der Waals surface area contributed by atoms with Crippen LogP contribution in [0.3, 0.4) is 0 Å². The highest BCUT2D eigenvalue weighted by Gasteiger charge is 2.37. The molecule has 3 amide bonds. The van der Waals surface area contributed by atoms with Gasteiger partial charge in [0, 0.05) is 25.9 Å². The van der Waals surface area contributed by atoms with Gasteiger partial charge >= 0.3 is 6.09 Å². The van der Waals surface area contributed by atoms with E-state index in [4.69, 9.17) is 4.84 Å². The van der Waals surface area contributed by atoms with E-state index < -0.39 is 17.9 Å². The Morgan fingerprint density at radius 1 is 1.07 bits per heavy atom. The Hall–Kier alpha value is -1.43. The molecule has 2 aliphatic heterocycles. The average Bonchev–Trinajstić information content (AvgIpc) is 2.77. The maximum atomic E-state index is 11.4. The first-order chi connectivity index (χ1) is 7.18. The van der Waals surface area contributed by atoms with Crippen LogP contribution in [0.15, 0.2) is 0 Å². The van der Waals surface area contributed by atoms with E-state index in [1.54, 1.807) is 0 Å². The molecule has 6 nitrogen and oxygen atoms in total. The molecule has 2 aliphatic rings. The molecule has 82 valence electrons. The van der Waals surface area contributed by atoms with Gasteiger partial charge in [-0.05, 0) is 12.8 Å². The molecule has 0 radical (unpaired) electrons. The summed E-state index contributed by atoms with van der Waals surface area (Å²) in [5.41, 5.74) is 0. The van der Waals surface area contributed by atoms with Crippen LogP contribution in [0, 0.1) is 0 Å². The SMILES string of the molecule is O=C1CCC(=O)N1C(=O)ON1CCCC1. The van der Waals surface area contributed by atoms with Gasteiger partial charge in [-0.2, -0.15) is 4.90 Å². The van der Waals surface area contributed by atoms with Gasteiger partial charge in [-0.25, -0.2) is 4.79 Å². The number of imide groups is 3. The van der Waals surface area contributed by atoms with Crippen molar-refractivity contribution < 1.29 is 19.2 Å². The van der Waals surface area contributed by atoms with Crippen molar-refractivity contribution in [2.45, 2.75) is 25.7 Å². The van der Waals surface area contributed by atoms with Crippen LogP contribution in [0.4, 0.5) is 4.79 Å². The van der Waals surface area contributed by atoms with Crippen LogP contribution in [0.1, 0.15) is 25.7 Å². The van der Waals surface area contributed by atoms with Gasteiger partial charge in [-0.1, -0.05) is 0 Å². The first-order valence-electron chi connectivity index (χ1n) is 5.01. The van der Waals surface area contributed by atoms with Gasteiger partial charge in [-0.15, -0.1) is 5.06 Å². The first kappa shape index (κ1) is 10.1. The number of hydrogen-bond acceptors (Lipinski definition) is 5. The number of rotatable bonds is 1. The van der Waals surface area contributed by atoms with E-state index in [0.29, 0.717) is 18.0 Å². The fraction of sp³-hybridized carbons (Fsp3) is 0.667. The molecule has 2 heterocycles. The summed E-state index contributed by atoms with van der Waals surface area (Å²) in [6, 6.07) is 0. The van der Waals surface area contributed by atoms with Crippen molar-refractivity contribution in [3.63, 3.8) is 0 Å². The van der Waals surface area contributed by atoms with Crippen LogP contribution in [0.5, 0.6) is 0 Å². The lowest BCUT2D eigenvalue weighted by molar-refractivity contribution is -0.142. The smallest absolute Gasteiger partial charge is 0.350 e. The highest BCUT2D eigenvalue weighted by atomic mass is 16.7. The van der Waals surface area contributed by atoms with Gasteiger partial charge in [0.05, 0.1) is 0 Å². The quantitative estimate of drug-likeness (QED) is 0.584. The zero-order valence-corrected chi connectivity index (χ0v) is 8.27. The molecule has 2 fully saturated rings. The summed E-state index contributed by atoms with van der Waals surface area (Å²) in [5, 5.41) is 1.49. The Balaban J connectivity index is 1.94. The zero-order chi connectivity index (χ0) is 10.8. The molecule has 0 N–H and O–H groups in total. The van der Waals surface area contributed by atoms with Crippen molar-refractivity contribution in [1.29, 1.82) is 0 Å². The van der Waals surface area contributed by atoms with E-state index in [1.807, 2.05) is 0 Å². The topological polar surface area (TPSA) is 66.9 Å². The molecule has 0 saturated carbocycles. The minimum atomic E-state index is -0.857. The second-order valence-electron chi connectivity index (χ2n) is 3.62. The van der Waals surface area contributed by atoms with E-state index in [0.717, 1.165) is 12.8 Å².